The van der Waals surface area contributed by atoms with E-state index in [2.05, 4.69) is 542 Å². The fourth-order valence-corrected chi connectivity index (χ4v) is 23.2. The molecule has 0 atom stereocenters. The van der Waals surface area contributed by atoms with Gasteiger partial charge in [-0.2, -0.15) is 0 Å². The van der Waals surface area contributed by atoms with Crippen LogP contribution in [0.5, 0.6) is 0 Å². The van der Waals surface area contributed by atoms with Gasteiger partial charge in [-0.1, -0.05) is 436 Å². The van der Waals surface area contributed by atoms with Gasteiger partial charge in [0, 0.05) is 53.2 Å². The van der Waals surface area contributed by atoms with Crippen LogP contribution < -0.4 is 9.80 Å². The first kappa shape index (κ1) is 80.1. The first-order chi connectivity index (χ1) is 63.6. The predicted octanol–water partition coefficient (Wildman–Crippen LogP) is 33.7. The number of hydrogen-bond acceptors (Lipinski definition) is 2. The van der Waals surface area contributed by atoms with Crippen molar-refractivity contribution < 1.29 is 0 Å². The Balaban J connectivity index is 0.000000161. The third-order valence-corrected chi connectivity index (χ3v) is 28.8. The molecule has 0 saturated carbocycles. The van der Waals surface area contributed by atoms with Gasteiger partial charge >= 0.3 is 0 Å². The molecule has 21 aromatic rings. The Morgan fingerprint density at radius 1 is 0.186 bits per heavy atom. The van der Waals surface area contributed by atoms with Gasteiger partial charge in [0.05, 0.1) is 27.6 Å². The monoisotopic (exact) mass is 1780 g/mol. The molecule has 614 valence electrons. The van der Waals surface area contributed by atoms with Gasteiger partial charge in [0.25, 0.3) is 0 Å². The van der Waals surface area contributed by atoms with Crippen LogP contribution in [0.1, 0.15) is 94.6 Å². The molecule has 0 unspecified atom stereocenters. The van der Waals surface area contributed by atoms with Gasteiger partial charge in [0.2, 0.25) is 0 Å². The highest BCUT2D eigenvalue weighted by Crippen LogP contribution is 2.62. The number of hydrogen-bond donors (Lipinski definition) is 0. The van der Waals surface area contributed by atoms with Gasteiger partial charge in [0.1, 0.15) is 0 Å². The van der Waals surface area contributed by atoms with Crippen molar-refractivity contribution in [1.29, 1.82) is 0 Å². The SMILES string of the molecule is Brc1c2ccccc2c(Br)c2ccccc12.Cc1cccc(Cc2cccc(C3(c4ccccc4)c4ccccc4-c4ccccc43)c2)c1.Cc1cccc(N(c2cccc(C3(c4ccccc4)c4ccccc4-c4ccccc43)c2)c2c3ccccc3c(N(c3cccc(C)c3)c3cccc(C4(c5ccccc5)c5ccccc5-c5ccccc54)c3)c3ccccc23)c1. The van der Waals surface area contributed by atoms with Crippen LogP contribution in [0.2, 0.25) is 0 Å². The van der Waals surface area contributed by atoms with Crippen LogP contribution in [0.3, 0.4) is 0 Å². The van der Waals surface area contributed by atoms with Crippen molar-refractivity contribution in [1.82, 2.24) is 0 Å². The zero-order chi connectivity index (χ0) is 86.7. The van der Waals surface area contributed by atoms with Gasteiger partial charge in [-0.05, 0) is 252 Å². The maximum atomic E-state index is 3.70. The average molecular weight is 1780 g/mol. The number of nitrogens with zero attached hydrogens (tertiary/aromatic N) is 2. The van der Waals surface area contributed by atoms with Crippen LogP contribution in [0.4, 0.5) is 34.1 Å². The van der Waals surface area contributed by atoms with E-state index in [1.807, 2.05) is 0 Å². The third kappa shape index (κ3) is 13.4. The first-order valence-corrected chi connectivity index (χ1v) is 46.2. The largest absolute Gasteiger partial charge is 0.309 e. The highest BCUT2D eigenvalue weighted by atomic mass is 79.9. The molecule has 0 spiro atoms. The third-order valence-electron chi connectivity index (χ3n) is 27.0. The fraction of sp³-hybridized carbons (Fsp3) is 0.0560. The first-order valence-electron chi connectivity index (χ1n) is 44.6. The molecule has 0 saturated heterocycles. The second-order valence-electron chi connectivity index (χ2n) is 34.4. The van der Waals surface area contributed by atoms with E-state index in [0.29, 0.717) is 0 Å². The maximum absolute atomic E-state index is 3.70. The molecular formula is C125H90Br2N2. The van der Waals surface area contributed by atoms with E-state index in [-0.39, 0.29) is 5.41 Å². The fourth-order valence-electron chi connectivity index (χ4n) is 21.8. The summed E-state index contributed by atoms with van der Waals surface area (Å²) in [4.78, 5) is 5.07. The molecule has 4 heteroatoms. The summed E-state index contributed by atoms with van der Waals surface area (Å²) in [7, 11) is 0. The summed E-state index contributed by atoms with van der Waals surface area (Å²) in [6.45, 7) is 6.57. The van der Waals surface area contributed by atoms with E-state index < -0.39 is 10.8 Å². The normalized spacial score (nSPS) is 13.1. The molecule has 0 N–H and O–H groups in total. The maximum Gasteiger partial charge on any atom is 0.0714 e. The summed E-state index contributed by atoms with van der Waals surface area (Å²) < 4.78 is 2.34. The molecule has 21 aromatic carbocycles. The Bertz CT molecular complexity index is 7280. The van der Waals surface area contributed by atoms with E-state index >= 15 is 0 Å². The van der Waals surface area contributed by atoms with Crippen LogP contribution in [0.15, 0.2) is 488 Å². The molecule has 0 heterocycles. The van der Waals surface area contributed by atoms with Gasteiger partial charge in [-0.25, -0.2) is 0 Å². The standard InChI is InChI=1S/C78H56N2.C33H26.C14H8Br2/c1-53-25-21-33-59(49-53)79(61-35-23-31-57(51-61)77(55-27-5-3-6-28-55)71-45-17-13-37-63(71)64-38-14-18-46-72(64)77)75-67-41-9-11-43-69(67)76(70-44-12-10-42-68(70)75)80(60-34-22-26-54(2)50-60)62-36-24-32-58(52-62)78(56-29-7-4-8-30-56)73-47-19-15-39-65(73)66-40-16-20-48-74(66)78;1-24-11-9-12-25(21-24)22-26-13-10-16-28(23-26)33(27-14-3-2-4-15-27)31-19-7-5-17-29(31)30-18-6-8-20-32(30)33;15-13-9-5-1-2-6-10(9)14(16)12-8-4-3-7-11(12)13/h3-52H,1-2H3;2-21,23H,22H2,1H3;1-8H. The summed E-state index contributed by atoms with van der Waals surface area (Å²) in [5.74, 6) is 0. The Hall–Kier alpha value is -14.8. The molecule has 0 amide bonds. The Morgan fingerprint density at radius 2 is 0.403 bits per heavy atom. The van der Waals surface area contributed by atoms with Crippen LogP contribution >= 0.6 is 31.9 Å². The molecule has 0 radical (unpaired) electrons. The molecule has 3 aliphatic rings. The minimum Gasteiger partial charge on any atom is -0.309 e. The number of benzene rings is 21. The van der Waals surface area contributed by atoms with Crippen molar-refractivity contribution in [2.45, 2.75) is 43.4 Å². The summed E-state index contributed by atoms with van der Waals surface area (Å²) >= 11 is 7.39. The summed E-state index contributed by atoms with van der Waals surface area (Å²) in [5, 5.41) is 9.57. The second-order valence-corrected chi connectivity index (χ2v) is 36.0. The van der Waals surface area contributed by atoms with E-state index in [1.165, 1.54) is 158 Å². The van der Waals surface area contributed by atoms with Crippen LogP contribution in [-0.4, -0.2) is 0 Å². The molecule has 24 rings (SSSR count). The van der Waals surface area contributed by atoms with E-state index in [4.69, 9.17) is 0 Å². The second kappa shape index (κ2) is 33.5. The molecule has 3 aliphatic carbocycles. The lowest BCUT2D eigenvalue weighted by molar-refractivity contribution is 0.766. The van der Waals surface area contributed by atoms with Crippen molar-refractivity contribution in [2.24, 2.45) is 0 Å². The van der Waals surface area contributed by atoms with Gasteiger partial charge < -0.3 is 9.80 Å². The number of anilines is 6. The quantitative estimate of drug-likeness (QED) is 0.0791. The zero-order valence-electron chi connectivity index (χ0n) is 72.0. The molecule has 0 fully saturated rings. The van der Waals surface area contributed by atoms with Gasteiger partial charge in [-0.3, -0.25) is 0 Å². The molecule has 0 aromatic heterocycles. The van der Waals surface area contributed by atoms with Crippen LogP contribution in [0, 0.1) is 20.8 Å². The predicted molar refractivity (Wildman–Crippen MR) is 549 cm³/mol. The number of rotatable bonds is 14. The van der Waals surface area contributed by atoms with E-state index in [0.717, 1.165) is 62.1 Å². The van der Waals surface area contributed by atoms with Gasteiger partial charge in [-0.15, -0.1) is 0 Å². The van der Waals surface area contributed by atoms with Crippen molar-refractivity contribution in [3.05, 3.63) is 583 Å². The van der Waals surface area contributed by atoms with Crippen LogP contribution in [0.25, 0.3) is 76.5 Å². The lowest BCUT2D eigenvalue weighted by Gasteiger charge is -2.36. The summed E-state index contributed by atoms with van der Waals surface area (Å²) in [6, 6.07) is 177. The minimum absolute atomic E-state index is 0.322. The Morgan fingerprint density at radius 3 is 0.698 bits per heavy atom. The van der Waals surface area contributed by atoms with Crippen molar-refractivity contribution >= 4 is 109 Å². The molecule has 2 nitrogen and oxygen atoms in total. The highest BCUT2D eigenvalue weighted by molar-refractivity contribution is 9.11. The number of halogens is 2. The van der Waals surface area contributed by atoms with Crippen molar-refractivity contribution in [3.63, 3.8) is 0 Å². The number of fused-ring (bicyclic) bond motifs is 13. The molecule has 129 heavy (non-hydrogen) atoms. The van der Waals surface area contributed by atoms with Gasteiger partial charge in [0.15, 0.2) is 0 Å². The Labute approximate surface area is 772 Å². The molecule has 0 bridgehead atoms. The topological polar surface area (TPSA) is 6.48 Å². The van der Waals surface area contributed by atoms with Crippen molar-refractivity contribution in [2.75, 3.05) is 9.80 Å². The summed E-state index contributed by atoms with van der Waals surface area (Å²) in [6.07, 6.45) is 0.934. The molecular weight excluding hydrogens is 1690 g/mol. The average Bonchev–Trinajstić information content (AvgIpc) is 1.58. The summed E-state index contributed by atoms with van der Waals surface area (Å²) in [5.41, 5.74) is 34.8. The highest BCUT2D eigenvalue weighted by Gasteiger charge is 2.49. The minimum atomic E-state index is -0.568. The Kier molecular flexibility index (Phi) is 20.8. The van der Waals surface area contributed by atoms with E-state index in [1.54, 1.807) is 0 Å². The smallest absolute Gasteiger partial charge is 0.0714 e. The lowest BCUT2D eigenvalue weighted by Crippen LogP contribution is -2.29. The lowest BCUT2D eigenvalue weighted by atomic mass is 9.67. The zero-order valence-corrected chi connectivity index (χ0v) is 75.1. The van der Waals surface area contributed by atoms with Crippen LogP contribution in [-0.2, 0) is 22.7 Å². The van der Waals surface area contributed by atoms with Crippen molar-refractivity contribution in [3.8, 4) is 33.4 Å². The molecule has 0 aliphatic heterocycles. The van der Waals surface area contributed by atoms with E-state index in [9.17, 15) is 0 Å². The number of aryl methyl sites for hydroxylation is 3.